The number of nitrogens with zero attached hydrogens (tertiary/aromatic N) is 1. The molecule has 2 aliphatic carbocycles. The fourth-order valence-electron chi connectivity index (χ4n) is 6.78. The van der Waals surface area contributed by atoms with Gasteiger partial charge in [0.15, 0.2) is 17.5 Å². The van der Waals surface area contributed by atoms with Gasteiger partial charge in [0.2, 0.25) is 0 Å². The van der Waals surface area contributed by atoms with Crippen molar-refractivity contribution in [3.8, 4) is 0 Å². The number of hydrogen-bond acceptors (Lipinski definition) is 7. The Balaban J connectivity index is 2.06. The van der Waals surface area contributed by atoms with Crippen molar-refractivity contribution in [2.45, 2.75) is 110 Å². The van der Waals surface area contributed by atoms with Gasteiger partial charge >= 0.3 is 5.97 Å². The van der Waals surface area contributed by atoms with Crippen LogP contribution in [0.2, 0.25) is 0 Å². The number of rotatable bonds is 8. The molecule has 0 bridgehead atoms. The van der Waals surface area contributed by atoms with E-state index in [4.69, 9.17) is 9.47 Å². The second-order valence-electron chi connectivity index (χ2n) is 11.8. The number of Topliss-reactive ketones (excluding diaryl/α,β-unsaturated/α-hetero) is 1. The Bertz CT molecular complexity index is 894. The van der Waals surface area contributed by atoms with Crippen molar-refractivity contribution in [1.29, 1.82) is 0 Å². The molecule has 1 aliphatic heterocycles. The van der Waals surface area contributed by atoms with E-state index in [-0.39, 0.29) is 12.8 Å². The van der Waals surface area contributed by atoms with Crippen molar-refractivity contribution in [1.82, 2.24) is 4.90 Å². The molecule has 0 amide bonds. The van der Waals surface area contributed by atoms with Gasteiger partial charge in [-0.2, -0.15) is 0 Å². The first-order chi connectivity index (χ1) is 16.1. The molecule has 0 spiro atoms. The summed E-state index contributed by atoms with van der Waals surface area (Å²) in [7, 11) is 0. The maximum atomic E-state index is 13.8. The third-order valence-corrected chi connectivity index (χ3v) is 9.13. The second kappa shape index (κ2) is 9.40. The van der Waals surface area contributed by atoms with Crippen molar-refractivity contribution >= 4 is 11.8 Å². The van der Waals surface area contributed by atoms with Crippen LogP contribution in [0.25, 0.3) is 0 Å². The average molecular weight is 492 g/mol. The number of aliphatic hydroxyl groups is 2. The molecule has 198 valence electrons. The van der Waals surface area contributed by atoms with Crippen molar-refractivity contribution in [3.05, 3.63) is 24.3 Å². The van der Waals surface area contributed by atoms with Crippen LogP contribution < -0.4 is 0 Å². The Kier molecular flexibility index (Phi) is 7.53. The highest BCUT2D eigenvalue weighted by molar-refractivity contribution is 5.93. The number of carbonyl (C=O) groups excluding carboxylic acids is 2. The van der Waals surface area contributed by atoms with E-state index in [0.717, 1.165) is 25.2 Å². The Morgan fingerprint density at radius 2 is 1.89 bits per heavy atom. The van der Waals surface area contributed by atoms with Gasteiger partial charge in [0.1, 0.15) is 5.60 Å². The third-order valence-electron chi connectivity index (χ3n) is 9.13. The molecule has 3 rings (SSSR count). The van der Waals surface area contributed by atoms with Crippen molar-refractivity contribution < 1.29 is 29.3 Å². The van der Waals surface area contributed by atoms with Gasteiger partial charge in [-0.05, 0) is 71.2 Å². The zero-order valence-electron chi connectivity index (χ0n) is 22.6. The summed E-state index contributed by atoms with van der Waals surface area (Å²) in [6.07, 6.45) is 3.37. The minimum Gasteiger partial charge on any atom is -0.455 e. The van der Waals surface area contributed by atoms with Gasteiger partial charge in [0.25, 0.3) is 0 Å². The van der Waals surface area contributed by atoms with Crippen LogP contribution >= 0.6 is 0 Å². The lowest BCUT2D eigenvalue weighted by Crippen LogP contribution is -2.81. The first kappa shape index (κ1) is 28.0. The maximum Gasteiger partial charge on any atom is 0.306 e. The highest BCUT2D eigenvalue weighted by Gasteiger charge is 2.76. The molecular weight excluding hydrogens is 446 g/mol. The predicted octanol–water partition coefficient (Wildman–Crippen LogP) is 3.57. The van der Waals surface area contributed by atoms with Gasteiger partial charge < -0.3 is 24.6 Å². The molecule has 3 aliphatic rings. The molecule has 0 radical (unpaired) electrons. The molecule has 7 nitrogen and oxygen atoms in total. The third kappa shape index (κ3) is 4.22. The van der Waals surface area contributed by atoms with Crippen LogP contribution in [0.4, 0.5) is 0 Å². The van der Waals surface area contributed by atoms with E-state index in [0.29, 0.717) is 19.3 Å². The van der Waals surface area contributed by atoms with Crippen LogP contribution in [0.5, 0.6) is 0 Å². The Morgan fingerprint density at radius 3 is 2.46 bits per heavy atom. The predicted molar refractivity (Wildman–Crippen MR) is 135 cm³/mol. The van der Waals surface area contributed by atoms with Gasteiger partial charge in [-0.1, -0.05) is 39.3 Å². The normalized spacial score (nSPS) is 40.5. The first-order valence-electron chi connectivity index (χ1n) is 13.1. The van der Waals surface area contributed by atoms with Crippen LogP contribution in [0.1, 0.15) is 80.6 Å². The van der Waals surface area contributed by atoms with E-state index in [2.05, 4.69) is 25.3 Å². The molecule has 6 atom stereocenters. The summed E-state index contributed by atoms with van der Waals surface area (Å²) < 4.78 is 12.5. The van der Waals surface area contributed by atoms with Crippen LogP contribution in [-0.2, 0) is 19.1 Å². The minimum atomic E-state index is -2.09. The monoisotopic (exact) mass is 491 g/mol. The van der Waals surface area contributed by atoms with E-state index in [1.165, 1.54) is 0 Å². The van der Waals surface area contributed by atoms with E-state index in [9.17, 15) is 19.8 Å². The zero-order valence-corrected chi connectivity index (χ0v) is 22.6. The van der Waals surface area contributed by atoms with Gasteiger partial charge in [-0.15, -0.1) is 6.58 Å². The molecule has 35 heavy (non-hydrogen) atoms. The van der Waals surface area contributed by atoms with Gasteiger partial charge in [0, 0.05) is 12.8 Å². The summed E-state index contributed by atoms with van der Waals surface area (Å²) in [5.74, 6) is -0.830. The molecule has 1 heterocycles. The fourth-order valence-corrected chi connectivity index (χ4v) is 6.78. The molecule has 0 aromatic carbocycles. The smallest absolute Gasteiger partial charge is 0.306 e. The molecule has 0 aromatic heterocycles. The Hall–Kier alpha value is -1.54. The first-order valence-corrected chi connectivity index (χ1v) is 13.1. The quantitative estimate of drug-likeness (QED) is 0.396. The van der Waals surface area contributed by atoms with Crippen LogP contribution in [0, 0.1) is 10.8 Å². The number of fused-ring (bicyclic) bond motifs is 3. The molecule has 1 saturated carbocycles. The molecule has 2 N–H and O–H groups in total. The van der Waals surface area contributed by atoms with Crippen molar-refractivity contribution in [2.75, 3.05) is 19.6 Å². The summed E-state index contributed by atoms with van der Waals surface area (Å²) in [4.78, 5) is 29.1. The van der Waals surface area contributed by atoms with Gasteiger partial charge in [0.05, 0.1) is 17.1 Å². The summed E-state index contributed by atoms with van der Waals surface area (Å²) in [5.41, 5.74) is -5.68. The highest BCUT2D eigenvalue weighted by atomic mass is 16.6. The fraction of sp³-hybridized carbons (Fsp3) is 0.786. The molecule has 0 unspecified atom stereocenters. The van der Waals surface area contributed by atoms with Gasteiger partial charge in [-0.3, -0.25) is 9.59 Å². The van der Waals surface area contributed by atoms with Crippen LogP contribution in [-0.4, -0.2) is 75.5 Å². The number of aliphatic hydroxyl groups excluding tert-OH is 1. The SMILES string of the molecule is C=C[C@@]1(C)CC(=O)[C@@]2(O)[C@](C)(O1)[C@@H](OC(=O)CCCN(CC)CC)C=C1C(C)(C)CC[C@H](O)[C@@]12C. The molecule has 2 fully saturated rings. The van der Waals surface area contributed by atoms with E-state index in [1.54, 1.807) is 26.8 Å². The summed E-state index contributed by atoms with van der Waals surface area (Å²) in [6.45, 7) is 19.8. The molecule has 7 heteroatoms. The van der Waals surface area contributed by atoms with E-state index < -0.39 is 51.6 Å². The highest BCUT2D eigenvalue weighted by Crippen LogP contribution is 2.64. The summed E-state index contributed by atoms with van der Waals surface area (Å²) >= 11 is 0. The van der Waals surface area contributed by atoms with E-state index in [1.807, 2.05) is 19.9 Å². The van der Waals surface area contributed by atoms with Gasteiger partial charge in [-0.25, -0.2) is 0 Å². The molecular formula is C28H45NO6. The average Bonchev–Trinajstić information content (AvgIpc) is 2.79. The Labute approximate surface area is 210 Å². The summed E-state index contributed by atoms with van der Waals surface area (Å²) in [5, 5.41) is 23.7. The summed E-state index contributed by atoms with van der Waals surface area (Å²) in [6, 6.07) is 0. The largest absolute Gasteiger partial charge is 0.455 e. The van der Waals surface area contributed by atoms with Crippen molar-refractivity contribution in [2.24, 2.45) is 10.8 Å². The molecule has 1 saturated heterocycles. The minimum absolute atomic E-state index is 0.0802. The Morgan fingerprint density at radius 1 is 1.26 bits per heavy atom. The maximum absolute atomic E-state index is 13.8. The topological polar surface area (TPSA) is 96.3 Å². The molecule has 0 aromatic rings. The second-order valence-corrected chi connectivity index (χ2v) is 11.8. The number of ether oxygens (including phenoxy) is 2. The number of carbonyl (C=O) groups is 2. The zero-order chi connectivity index (χ0) is 26.4. The van der Waals surface area contributed by atoms with Crippen LogP contribution in [0.15, 0.2) is 24.3 Å². The lowest BCUT2D eigenvalue weighted by molar-refractivity contribution is -0.305. The van der Waals surface area contributed by atoms with E-state index >= 15 is 0 Å². The lowest BCUT2D eigenvalue weighted by atomic mass is 9.44. The van der Waals surface area contributed by atoms with Crippen molar-refractivity contribution in [3.63, 3.8) is 0 Å². The number of ketones is 1. The number of hydrogen-bond donors (Lipinski definition) is 2. The number of esters is 1. The standard InChI is InChI=1S/C28H45NO6/c1-9-25(6)18-21(31)28(33)26(7)19(24(4,5)15-14-20(26)30)17-22(27(28,8)35-25)34-23(32)13-12-16-29(10-2)11-3/h9,17,20,22,30,33H,1,10-16,18H2,2-8H3/t20-,22-,25-,26+,27+,28-/m0/s1. The lowest BCUT2D eigenvalue weighted by Gasteiger charge is -2.66. The van der Waals surface area contributed by atoms with Crippen LogP contribution in [0.3, 0.4) is 0 Å².